The lowest BCUT2D eigenvalue weighted by Crippen LogP contribution is -2.14. The molecular formula is C10H20O3. The fourth-order valence-electron chi connectivity index (χ4n) is 1.18. The van der Waals surface area contributed by atoms with E-state index in [9.17, 15) is 9.90 Å². The molecule has 0 heterocycles. The summed E-state index contributed by atoms with van der Waals surface area (Å²) in [7, 11) is 1.34. The van der Waals surface area contributed by atoms with Crippen molar-refractivity contribution >= 4 is 5.97 Å². The number of carbonyl (C=O) groups is 1. The molecule has 13 heavy (non-hydrogen) atoms. The highest BCUT2D eigenvalue weighted by atomic mass is 16.5. The standard InChI is InChI=1S/C10H20O3/c1-3-4-5-6-7-9(11)8-10(12)13-2/h9,11H,3-8H2,1-2H3/t9-/m0/s1. The van der Waals surface area contributed by atoms with Crippen LogP contribution in [0, 0.1) is 0 Å². The Morgan fingerprint density at radius 2 is 2.08 bits per heavy atom. The molecule has 0 aromatic rings. The van der Waals surface area contributed by atoms with E-state index in [2.05, 4.69) is 11.7 Å². The Kier molecular flexibility index (Phi) is 7.69. The number of aliphatic hydroxyl groups is 1. The van der Waals surface area contributed by atoms with E-state index in [1.54, 1.807) is 0 Å². The van der Waals surface area contributed by atoms with Gasteiger partial charge in [0.05, 0.1) is 19.6 Å². The molecule has 78 valence electrons. The van der Waals surface area contributed by atoms with Gasteiger partial charge in [0.15, 0.2) is 0 Å². The predicted octanol–water partition coefficient (Wildman–Crippen LogP) is 1.88. The minimum Gasteiger partial charge on any atom is -0.469 e. The Labute approximate surface area is 80.1 Å². The van der Waals surface area contributed by atoms with Gasteiger partial charge < -0.3 is 9.84 Å². The van der Waals surface area contributed by atoms with Gasteiger partial charge in [-0.05, 0) is 6.42 Å². The molecule has 3 heteroatoms. The Hall–Kier alpha value is -0.570. The number of ether oxygens (including phenoxy) is 1. The van der Waals surface area contributed by atoms with Crippen LogP contribution >= 0.6 is 0 Å². The molecule has 0 fully saturated rings. The molecular weight excluding hydrogens is 168 g/mol. The van der Waals surface area contributed by atoms with E-state index in [1.807, 2.05) is 0 Å². The van der Waals surface area contributed by atoms with E-state index in [-0.39, 0.29) is 12.4 Å². The van der Waals surface area contributed by atoms with Gasteiger partial charge in [-0.15, -0.1) is 0 Å². The summed E-state index contributed by atoms with van der Waals surface area (Å²) in [4.78, 5) is 10.7. The molecule has 0 bridgehead atoms. The molecule has 0 aromatic heterocycles. The number of methoxy groups -OCH3 is 1. The van der Waals surface area contributed by atoms with Crippen LogP contribution in [0.15, 0.2) is 0 Å². The average Bonchev–Trinajstić information content (AvgIpc) is 2.12. The Balaban J connectivity index is 3.29. The molecule has 0 aliphatic rings. The van der Waals surface area contributed by atoms with Crippen LogP contribution in [0.2, 0.25) is 0 Å². The van der Waals surface area contributed by atoms with Crippen molar-refractivity contribution in [2.75, 3.05) is 7.11 Å². The second-order valence-corrected chi connectivity index (χ2v) is 3.28. The van der Waals surface area contributed by atoms with Crippen LogP contribution in [-0.2, 0) is 9.53 Å². The number of carbonyl (C=O) groups excluding carboxylic acids is 1. The molecule has 1 N–H and O–H groups in total. The van der Waals surface area contributed by atoms with Crippen molar-refractivity contribution in [3.8, 4) is 0 Å². The monoisotopic (exact) mass is 188 g/mol. The summed E-state index contributed by atoms with van der Waals surface area (Å²) < 4.78 is 4.45. The summed E-state index contributed by atoms with van der Waals surface area (Å²) in [5.74, 6) is -0.331. The zero-order valence-electron chi connectivity index (χ0n) is 8.58. The van der Waals surface area contributed by atoms with Crippen molar-refractivity contribution in [2.24, 2.45) is 0 Å². The Morgan fingerprint density at radius 1 is 1.38 bits per heavy atom. The first-order valence-corrected chi connectivity index (χ1v) is 4.95. The van der Waals surface area contributed by atoms with Gasteiger partial charge >= 0.3 is 5.97 Å². The highest BCUT2D eigenvalue weighted by molar-refractivity contribution is 5.69. The Bertz CT molecular complexity index is 134. The molecule has 0 radical (unpaired) electrons. The maximum atomic E-state index is 10.7. The maximum Gasteiger partial charge on any atom is 0.308 e. The lowest BCUT2D eigenvalue weighted by Gasteiger charge is -2.08. The number of rotatable bonds is 7. The molecule has 0 unspecified atom stereocenters. The normalized spacial score (nSPS) is 12.5. The first-order chi connectivity index (χ1) is 6.20. The highest BCUT2D eigenvalue weighted by Crippen LogP contribution is 2.08. The van der Waals surface area contributed by atoms with Crippen molar-refractivity contribution in [1.29, 1.82) is 0 Å². The van der Waals surface area contributed by atoms with Crippen molar-refractivity contribution < 1.29 is 14.6 Å². The maximum absolute atomic E-state index is 10.7. The number of hydrogen-bond acceptors (Lipinski definition) is 3. The highest BCUT2D eigenvalue weighted by Gasteiger charge is 2.09. The van der Waals surface area contributed by atoms with Crippen LogP contribution in [0.1, 0.15) is 45.4 Å². The molecule has 3 nitrogen and oxygen atoms in total. The third-order valence-corrected chi connectivity index (χ3v) is 2.02. The molecule has 0 rings (SSSR count). The van der Waals surface area contributed by atoms with Gasteiger partial charge in [0.25, 0.3) is 0 Å². The first kappa shape index (κ1) is 12.4. The van der Waals surface area contributed by atoms with Gasteiger partial charge in [-0.2, -0.15) is 0 Å². The van der Waals surface area contributed by atoms with Crippen LogP contribution in [0.5, 0.6) is 0 Å². The van der Waals surface area contributed by atoms with Gasteiger partial charge in [0.1, 0.15) is 0 Å². The Morgan fingerprint density at radius 3 is 2.62 bits per heavy atom. The predicted molar refractivity (Wildman–Crippen MR) is 51.4 cm³/mol. The van der Waals surface area contributed by atoms with Crippen LogP contribution in [-0.4, -0.2) is 24.3 Å². The minimum absolute atomic E-state index is 0.128. The summed E-state index contributed by atoms with van der Waals surface area (Å²) in [5, 5.41) is 9.35. The van der Waals surface area contributed by atoms with Gasteiger partial charge in [-0.3, -0.25) is 4.79 Å². The summed E-state index contributed by atoms with van der Waals surface area (Å²) in [6, 6.07) is 0. The van der Waals surface area contributed by atoms with Gasteiger partial charge in [0, 0.05) is 0 Å². The van der Waals surface area contributed by atoms with E-state index in [0.29, 0.717) is 6.42 Å². The van der Waals surface area contributed by atoms with Crippen LogP contribution < -0.4 is 0 Å². The van der Waals surface area contributed by atoms with Crippen molar-refractivity contribution in [3.05, 3.63) is 0 Å². The summed E-state index contributed by atoms with van der Waals surface area (Å²) in [5.41, 5.74) is 0. The van der Waals surface area contributed by atoms with E-state index >= 15 is 0 Å². The molecule has 0 aliphatic heterocycles. The summed E-state index contributed by atoms with van der Waals surface area (Å²) in [6.45, 7) is 2.14. The molecule has 0 amide bonds. The average molecular weight is 188 g/mol. The molecule has 0 spiro atoms. The molecule has 0 aromatic carbocycles. The fraction of sp³-hybridized carbons (Fsp3) is 0.900. The number of aliphatic hydroxyl groups excluding tert-OH is 1. The molecule has 0 saturated carbocycles. The van der Waals surface area contributed by atoms with E-state index in [1.165, 1.54) is 20.0 Å². The smallest absolute Gasteiger partial charge is 0.308 e. The number of hydrogen-bond donors (Lipinski definition) is 1. The lowest BCUT2D eigenvalue weighted by atomic mass is 10.1. The SMILES string of the molecule is CCCCCC[C@H](O)CC(=O)OC. The van der Waals surface area contributed by atoms with Crippen LogP contribution in [0.3, 0.4) is 0 Å². The minimum atomic E-state index is -0.524. The zero-order valence-corrected chi connectivity index (χ0v) is 8.58. The molecule has 0 aliphatic carbocycles. The van der Waals surface area contributed by atoms with Crippen LogP contribution in [0.4, 0.5) is 0 Å². The largest absolute Gasteiger partial charge is 0.469 e. The molecule has 0 saturated heterocycles. The summed E-state index contributed by atoms with van der Waals surface area (Å²) in [6.07, 6.45) is 4.82. The third-order valence-electron chi connectivity index (χ3n) is 2.02. The van der Waals surface area contributed by atoms with E-state index in [0.717, 1.165) is 12.8 Å². The van der Waals surface area contributed by atoms with Gasteiger partial charge in [-0.1, -0.05) is 32.6 Å². The molecule has 1 atom stereocenters. The van der Waals surface area contributed by atoms with Crippen molar-refractivity contribution in [1.82, 2.24) is 0 Å². The fourth-order valence-corrected chi connectivity index (χ4v) is 1.18. The first-order valence-electron chi connectivity index (χ1n) is 4.95. The van der Waals surface area contributed by atoms with Gasteiger partial charge in [0.2, 0.25) is 0 Å². The zero-order chi connectivity index (χ0) is 10.1. The second-order valence-electron chi connectivity index (χ2n) is 3.28. The third kappa shape index (κ3) is 7.78. The number of unbranched alkanes of at least 4 members (excludes halogenated alkanes) is 3. The summed E-state index contributed by atoms with van der Waals surface area (Å²) >= 11 is 0. The van der Waals surface area contributed by atoms with Crippen LogP contribution in [0.25, 0.3) is 0 Å². The van der Waals surface area contributed by atoms with E-state index in [4.69, 9.17) is 0 Å². The van der Waals surface area contributed by atoms with Gasteiger partial charge in [-0.25, -0.2) is 0 Å². The quantitative estimate of drug-likeness (QED) is 0.490. The van der Waals surface area contributed by atoms with E-state index < -0.39 is 6.10 Å². The second kappa shape index (κ2) is 8.05. The topological polar surface area (TPSA) is 46.5 Å². The van der Waals surface area contributed by atoms with Crippen molar-refractivity contribution in [2.45, 2.75) is 51.6 Å². The van der Waals surface area contributed by atoms with Crippen molar-refractivity contribution in [3.63, 3.8) is 0 Å². The lowest BCUT2D eigenvalue weighted by molar-refractivity contribution is -0.142. The number of esters is 1.